The van der Waals surface area contributed by atoms with E-state index in [0.717, 1.165) is 26.4 Å². The summed E-state index contributed by atoms with van der Waals surface area (Å²) < 4.78 is 28.6. The number of aromatic nitrogens is 1. The van der Waals surface area contributed by atoms with Gasteiger partial charge in [0.2, 0.25) is 11.8 Å². The van der Waals surface area contributed by atoms with Crippen LogP contribution >= 0.6 is 11.3 Å². The number of rotatable bonds is 23. The molecule has 5 amide bonds. The maximum absolute atomic E-state index is 14.6. The number of carbonyl (C=O) groups excluding carboxylic acids is 6. The number of alkyl carbamates (subject to hydrolysis) is 1. The highest BCUT2D eigenvalue weighted by atomic mass is 32.1. The van der Waals surface area contributed by atoms with E-state index in [2.05, 4.69) is 5.32 Å². The van der Waals surface area contributed by atoms with Gasteiger partial charge in [0.05, 0.1) is 24.4 Å². The number of piperidine rings is 1. The number of ether oxygens (including phenoxy) is 5. The summed E-state index contributed by atoms with van der Waals surface area (Å²) in [5, 5.41) is 24.2. The summed E-state index contributed by atoms with van der Waals surface area (Å²) in [5.74, 6) is -0.709. The van der Waals surface area contributed by atoms with Gasteiger partial charge in [0.25, 0.3) is 0 Å². The Bertz CT molecular complexity index is 3060. The predicted octanol–water partition coefficient (Wildman–Crippen LogP) is 11.6. The van der Waals surface area contributed by atoms with E-state index in [1.165, 1.54) is 31.3 Å². The fraction of sp³-hybridized carbons (Fsp3) is 0.453. The Morgan fingerprint density at radius 1 is 0.631 bits per heavy atom. The average molecular weight is 1180 g/mol. The number of methoxy groups -OCH3 is 2. The second kappa shape index (κ2) is 29.4. The summed E-state index contributed by atoms with van der Waals surface area (Å²) in [5.41, 5.74) is 2.19. The molecule has 0 unspecified atom stereocenters. The summed E-state index contributed by atoms with van der Waals surface area (Å²) in [4.78, 5) is 93.9. The fourth-order valence-corrected chi connectivity index (χ4v) is 10.0. The minimum Gasteiger partial charge on any atom is -0.504 e. The van der Waals surface area contributed by atoms with Gasteiger partial charge in [-0.05, 0) is 153 Å². The van der Waals surface area contributed by atoms with Crippen LogP contribution in [0.2, 0.25) is 0 Å². The predicted molar refractivity (Wildman–Crippen MR) is 325 cm³/mol. The number of hydrogen-bond donors (Lipinski definition) is 3. The molecule has 84 heavy (non-hydrogen) atoms. The molecular formula is C64H82N6O13S. The molecule has 1 saturated heterocycles. The van der Waals surface area contributed by atoms with Crippen LogP contribution in [0.15, 0.2) is 96.1 Å². The highest BCUT2D eigenvalue weighted by Crippen LogP contribution is 2.33. The Labute approximate surface area is 497 Å². The molecule has 0 bridgehead atoms. The Morgan fingerprint density at radius 3 is 1.64 bits per heavy atom. The van der Waals surface area contributed by atoms with Crippen molar-refractivity contribution in [3.05, 3.63) is 113 Å². The number of para-hydroxylation sites is 1. The van der Waals surface area contributed by atoms with Crippen molar-refractivity contribution in [3.63, 3.8) is 0 Å². The van der Waals surface area contributed by atoms with Crippen LogP contribution in [-0.4, -0.2) is 154 Å². The first-order valence-corrected chi connectivity index (χ1v) is 29.1. The average Bonchev–Trinajstić information content (AvgIpc) is 3.24. The molecule has 0 saturated carbocycles. The molecule has 1 fully saturated rings. The molecule has 0 aliphatic carbocycles. The van der Waals surface area contributed by atoms with Crippen molar-refractivity contribution in [2.24, 2.45) is 0 Å². The Kier molecular flexibility index (Phi) is 22.8. The van der Waals surface area contributed by atoms with Crippen molar-refractivity contribution in [3.8, 4) is 33.6 Å². The zero-order valence-corrected chi connectivity index (χ0v) is 51.2. The molecule has 5 aromatic rings. The number of unbranched alkanes of at least 4 members (excludes halogenated alkanes) is 1. The lowest BCUT2D eigenvalue weighted by Gasteiger charge is -2.31. The summed E-state index contributed by atoms with van der Waals surface area (Å²) >= 11 is 1.59. The molecule has 20 heteroatoms. The quantitative estimate of drug-likeness (QED) is 0.0314. The molecule has 0 spiro atoms. The number of nitrogens with zero attached hydrogens (tertiary/aromatic N) is 5. The third-order valence-electron chi connectivity index (χ3n) is 13.1. The molecule has 19 nitrogen and oxygen atoms in total. The second-order valence-corrected chi connectivity index (χ2v) is 24.6. The topological polar surface area (TPSA) is 227 Å². The van der Waals surface area contributed by atoms with Crippen molar-refractivity contribution < 1.29 is 62.7 Å². The van der Waals surface area contributed by atoms with Gasteiger partial charge in [-0.1, -0.05) is 48.5 Å². The number of amides is 5. The number of Topliss-reactive ketones (excluding diaryl/α,β-unsaturated/α-hetero) is 1. The summed E-state index contributed by atoms with van der Waals surface area (Å²) in [7, 11) is 2.84. The minimum absolute atomic E-state index is 0.0527. The van der Waals surface area contributed by atoms with Crippen molar-refractivity contribution in [1.82, 2.24) is 29.9 Å². The van der Waals surface area contributed by atoms with Gasteiger partial charge in [-0.3, -0.25) is 14.4 Å². The SMILES string of the molecule is COc1cc(/C=C2\CN(C(=O)CCC(=O)N(CCCN(CCCCN(CCCNC(=O)OC(C)(C)C)C(=O)OC(C)(C)C)C(=O)OC(C)(C)C)Cc3ccc(-c4nc5ccccc5s4)cc3)C/C(=C\c3ccc(O)c(OC)c3)C2=O)ccc1O. The maximum Gasteiger partial charge on any atom is 0.410 e. The van der Waals surface area contributed by atoms with Gasteiger partial charge >= 0.3 is 18.3 Å². The van der Waals surface area contributed by atoms with Crippen molar-refractivity contribution in [1.29, 1.82) is 0 Å². The number of phenols is 2. The number of ketones is 1. The number of hydrogen-bond acceptors (Lipinski definition) is 15. The van der Waals surface area contributed by atoms with Crippen molar-refractivity contribution in [2.75, 3.05) is 66.6 Å². The fourth-order valence-electron chi connectivity index (χ4n) is 9.05. The van der Waals surface area contributed by atoms with Gasteiger partial charge in [0, 0.05) is 88.5 Å². The van der Waals surface area contributed by atoms with Crippen LogP contribution < -0.4 is 14.8 Å². The normalized spacial score (nSPS) is 13.8. The van der Waals surface area contributed by atoms with Crippen LogP contribution in [0.25, 0.3) is 32.9 Å². The zero-order chi connectivity index (χ0) is 61.4. The van der Waals surface area contributed by atoms with Gasteiger partial charge in [0.15, 0.2) is 28.8 Å². The molecule has 452 valence electrons. The van der Waals surface area contributed by atoms with Gasteiger partial charge < -0.3 is 58.8 Å². The Morgan fingerprint density at radius 2 is 1.13 bits per heavy atom. The minimum atomic E-state index is -0.796. The molecule has 0 radical (unpaired) electrons. The third-order valence-corrected chi connectivity index (χ3v) is 14.1. The Hall–Kier alpha value is -8.13. The number of benzene rings is 4. The number of phenolic OH excluding ortho intramolecular Hbond substituents is 2. The molecule has 4 aromatic carbocycles. The van der Waals surface area contributed by atoms with Gasteiger partial charge in [-0.25, -0.2) is 19.4 Å². The lowest BCUT2D eigenvalue weighted by molar-refractivity contribution is -0.137. The number of carbonyl (C=O) groups is 6. The highest BCUT2D eigenvalue weighted by Gasteiger charge is 2.31. The molecular weight excluding hydrogens is 1090 g/mol. The number of fused-ring (bicyclic) bond motifs is 1. The first-order chi connectivity index (χ1) is 39.7. The van der Waals surface area contributed by atoms with Crippen LogP contribution in [0.1, 0.15) is 118 Å². The van der Waals surface area contributed by atoms with Gasteiger partial charge in [-0.15, -0.1) is 11.3 Å². The number of thiazole rings is 1. The van der Waals surface area contributed by atoms with Crippen LogP contribution in [0.4, 0.5) is 14.4 Å². The van der Waals surface area contributed by atoms with E-state index in [4.69, 9.17) is 28.7 Å². The molecule has 1 aromatic heterocycles. The van der Waals surface area contributed by atoms with E-state index in [9.17, 15) is 39.0 Å². The first-order valence-electron chi connectivity index (χ1n) is 28.3. The standard InChI is InChI=1S/C64H82N6O13S/c1-62(2,3)81-59(76)65-30-16-33-67(60(77)82-63(4,5)6)31-14-15-32-68(61(78)83-64(7,8)9)34-17-35-69(40-43-20-24-46(25-21-43)58-66-49-18-12-13-19-54(49)84-58)55(73)28-29-56(74)70-41-47(36-44-22-26-50(71)52(38-44)79-10)57(75)48(42-70)37-45-23-27-51(72)53(39-45)80-11/h12-13,18-27,36-39,71-72H,14-17,28-35,40-42H2,1-11H3,(H,65,76)/b47-36+,48-37+. The molecule has 0 atom stereocenters. The Balaban J connectivity index is 1.19. The van der Waals surface area contributed by atoms with E-state index >= 15 is 0 Å². The van der Waals surface area contributed by atoms with Gasteiger partial charge in [-0.2, -0.15) is 0 Å². The summed E-state index contributed by atoms with van der Waals surface area (Å²) in [6.45, 7) is 17.9. The zero-order valence-electron chi connectivity index (χ0n) is 50.4. The maximum atomic E-state index is 14.6. The van der Waals surface area contributed by atoms with Crippen LogP contribution in [0, 0.1) is 0 Å². The van der Waals surface area contributed by atoms with E-state index in [-0.39, 0.29) is 92.7 Å². The van der Waals surface area contributed by atoms with E-state index in [0.29, 0.717) is 67.6 Å². The number of likely N-dealkylation sites (tertiary alicyclic amines) is 1. The van der Waals surface area contributed by atoms with E-state index < -0.39 is 35.1 Å². The van der Waals surface area contributed by atoms with Gasteiger partial charge in [0.1, 0.15) is 21.8 Å². The molecule has 2 heterocycles. The number of nitrogens with one attached hydrogen (secondary N) is 1. The van der Waals surface area contributed by atoms with E-state index in [1.807, 2.05) is 48.5 Å². The molecule has 3 N–H and O–H groups in total. The lowest BCUT2D eigenvalue weighted by atomic mass is 9.93. The third kappa shape index (κ3) is 20.3. The van der Waals surface area contributed by atoms with Crippen molar-refractivity contribution >= 4 is 69.6 Å². The van der Waals surface area contributed by atoms with Crippen molar-refractivity contribution in [2.45, 2.75) is 124 Å². The summed E-state index contributed by atoms with van der Waals surface area (Å²) in [6.07, 6.45) is 3.21. The lowest BCUT2D eigenvalue weighted by Crippen LogP contribution is -2.42. The number of aromatic hydroxyl groups is 2. The smallest absolute Gasteiger partial charge is 0.410 e. The van der Waals surface area contributed by atoms with Crippen LogP contribution in [0.5, 0.6) is 23.0 Å². The largest absolute Gasteiger partial charge is 0.504 e. The highest BCUT2D eigenvalue weighted by molar-refractivity contribution is 7.21. The van der Waals surface area contributed by atoms with Crippen LogP contribution in [-0.2, 0) is 35.1 Å². The monoisotopic (exact) mass is 1170 g/mol. The second-order valence-electron chi connectivity index (χ2n) is 23.6. The molecule has 6 rings (SSSR count). The van der Waals surface area contributed by atoms with Crippen LogP contribution in [0.3, 0.4) is 0 Å². The molecule has 1 aliphatic heterocycles. The first kappa shape index (κ1) is 65.0. The summed E-state index contributed by atoms with van der Waals surface area (Å²) in [6, 6.07) is 25.1. The van der Waals surface area contributed by atoms with E-state index in [1.54, 1.807) is 125 Å². The molecule has 1 aliphatic rings.